The molecule has 2 unspecified atom stereocenters. The molecule has 7 aliphatic heterocycles. The highest BCUT2D eigenvalue weighted by Crippen LogP contribution is 2.54. The standard InChI is InChI=1S/C45H53N2O.C37H48N2O7S2.C30H32BF2N3O3.O3S/c1-43(2,3)31-34(48)21-11-10-18-30-47-38-29-27-33-20-15-17-23-36(33)42(38)45(6,7)40(47)25-13-9-12-24-39-44(4,5)41-35-22-16-14-19-32(35)26-28-37(41)46(39)8;1-7-9-24-39-33-21-19-29(48(44,45)46)26-31(33)37(6,22-14-13-15-27(3)40)35(39)17-12-10-11-16-34-36(4,5)30-25-28(47(41,42)43)18-20-32(30)38(34)23-8-2;1-30(2,3)19-25(37)18-26(38)20-39-27-13-7-21(8-14-27)6-9-22-10-11-23-17-24-12-15-29(28-5-4-16-34-28)36(24)31(32,33)35(22)23;1-4(2)3/h9,12-17,19-20,22-29H,10-11,18,21,30-31H2,1-8H3;10-12,16-21,25-26H,7-9,13-15,22-24H2,1-6H3,(H-,41,42,43,44,45,46);4-14,16-17,29,34H,15,18-20H2,1-3H3;/q+1;;;/p+1/b;;9-6+;. The minimum Gasteiger partial charge on any atom is -0.486 e. The maximum atomic E-state index is 16.0. The number of H-pyrrole nitrogens is 1. The summed E-state index contributed by atoms with van der Waals surface area (Å²) in [6.07, 6.45) is 44.1. The number of carbonyl (C=O) groups is 4. The maximum absolute atomic E-state index is 16.0. The highest BCUT2D eigenvalue weighted by molar-refractivity contribution is 7.86. The number of rotatable bonds is 34. The highest BCUT2D eigenvalue weighted by atomic mass is 32.2. The van der Waals surface area contributed by atoms with Crippen molar-refractivity contribution in [1.82, 2.24) is 9.79 Å². The molecule has 0 saturated heterocycles. The Bertz CT molecular complexity index is 6850. The van der Waals surface area contributed by atoms with Crippen LogP contribution >= 0.6 is 0 Å². The molecule has 21 nitrogen and oxygen atoms in total. The summed E-state index contributed by atoms with van der Waals surface area (Å²) < 4.78 is 136. The first-order chi connectivity index (χ1) is 65.5. The summed E-state index contributed by atoms with van der Waals surface area (Å²) in [5.41, 5.74) is 15.2. The van der Waals surface area contributed by atoms with E-state index in [0.717, 1.165) is 121 Å². The molecular formula is C112H134BF2N7O14S3+2. The lowest BCUT2D eigenvalue weighted by Crippen LogP contribution is -2.57. The van der Waals surface area contributed by atoms with Crippen molar-refractivity contribution < 1.29 is 84.8 Å². The van der Waals surface area contributed by atoms with Gasteiger partial charge in [-0.25, -0.2) is 0 Å². The van der Waals surface area contributed by atoms with Crippen molar-refractivity contribution >= 4 is 128 Å². The van der Waals surface area contributed by atoms with Crippen LogP contribution in [0, 0.1) is 10.8 Å². The molecule has 27 heteroatoms. The molecule has 7 aromatic carbocycles. The third-order valence-corrected chi connectivity index (χ3v) is 28.6. The van der Waals surface area contributed by atoms with Crippen LogP contribution in [0.1, 0.15) is 247 Å². The summed E-state index contributed by atoms with van der Waals surface area (Å²) in [5, 5.41) is 5.25. The number of aromatic nitrogens is 1. The highest BCUT2D eigenvalue weighted by Gasteiger charge is 2.59. The number of nitrogens with zero attached hydrogens (tertiary/aromatic N) is 6. The third kappa shape index (κ3) is 24.7. The summed E-state index contributed by atoms with van der Waals surface area (Å²) >= 11 is 0. The number of carbonyl (C=O) groups excluding carboxylic acids is 4. The molecule has 0 radical (unpaired) electrons. The van der Waals surface area contributed by atoms with Crippen molar-refractivity contribution in [2.45, 2.75) is 245 Å². The molecule has 0 amide bonds. The van der Waals surface area contributed by atoms with Gasteiger partial charge in [0.05, 0.1) is 27.0 Å². The summed E-state index contributed by atoms with van der Waals surface area (Å²) in [4.78, 5) is 57.1. The van der Waals surface area contributed by atoms with Gasteiger partial charge >= 0.3 is 17.6 Å². The zero-order valence-corrected chi connectivity index (χ0v) is 85.7. The maximum Gasteiger partial charge on any atom is 0.734 e. The Kier molecular flexibility index (Phi) is 33.4. The average molecular weight is 1950 g/mol. The van der Waals surface area contributed by atoms with Crippen LogP contribution in [0.25, 0.3) is 27.6 Å². The SMILES string of the molecule is CC(C)(C)CC(=O)CC(=O)COc1ccc(/C=C/C2=[N+]3C(=CC4=CCC(c5ccc[nH]5)N4[B-]3(F)F)C=C2)cc1.CCCCN1C(=CC=CC=CC2=[N+](CCC)c3ccc(S(=O)(=O)O)cc3C2(C)C)C(C)(CCCCC(C)=O)c2cc(S(=O)(=O)O)ccc21.C[N+]1=C(C=CC=CC=C2N(CCCCCC(=O)CC(C)(C)C)c3ccc4ccccc4c3C2(C)C)C(C)(C)c2c1ccc1ccccc21.O=S(=O)=O. The summed E-state index contributed by atoms with van der Waals surface area (Å²) in [7, 11) is -9.66. The van der Waals surface area contributed by atoms with Gasteiger partial charge < -0.3 is 42.2 Å². The van der Waals surface area contributed by atoms with Crippen LogP contribution in [0.5, 0.6) is 5.75 Å². The number of allylic oxidation sites excluding steroid dienone is 16. The average Bonchev–Trinajstić information content (AvgIpc) is 1.56. The lowest BCUT2D eigenvalue weighted by atomic mass is 9.77. The first-order valence-electron chi connectivity index (χ1n) is 48.1. The number of fused-ring (bicyclic) bond motifs is 10. The Morgan fingerprint density at radius 3 is 1.78 bits per heavy atom. The minimum absolute atomic E-state index is 0.0644. The number of halogens is 2. The second kappa shape index (κ2) is 43.8. The lowest BCUT2D eigenvalue weighted by Gasteiger charge is -2.41. The van der Waals surface area contributed by atoms with Gasteiger partial charge in [0.2, 0.25) is 11.4 Å². The number of hydrogen-bond acceptors (Lipinski definition) is 15. The monoisotopic (exact) mass is 1950 g/mol. The zero-order chi connectivity index (χ0) is 101. The lowest BCUT2D eigenvalue weighted by molar-refractivity contribution is -0.437. The van der Waals surface area contributed by atoms with E-state index in [1.807, 2.05) is 83.2 Å². The molecule has 0 bridgehead atoms. The van der Waals surface area contributed by atoms with Gasteiger partial charge in [-0.2, -0.15) is 26.0 Å². The Balaban J connectivity index is 0.000000184. The number of nitrogens with one attached hydrogen (secondary N) is 1. The fourth-order valence-corrected chi connectivity index (χ4v) is 21.6. The van der Waals surface area contributed by atoms with Gasteiger partial charge in [-0.05, 0) is 214 Å². The van der Waals surface area contributed by atoms with Crippen LogP contribution in [0.2, 0.25) is 0 Å². The van der Waals surface area contributed by atoms with Gasteiger partial charge in [0.25, 0.3) is 20.2 Å². The molecule has 7 aliphatic rings. The van der Waals surface area contributed by atoms with Crippen LogP contribution in [0.4, 0.5) is 31.4 Å². The summed E-state index contributed by atoms with van der Waals surface area (Å²) in [5.74, 6) is 0.671. The van der Waals surface area contributed by atoms with Gasteiger partial charge in [-0.1, -0.05) is 198 Å². The minimum atomic E-state index is -4.40. The van der Waals surface area contributed by atoms with E-state index in [2.05, 4.69) is 209 Å². The van der Waals surface area contributed by atoms with Gasteiger partial charge in [-0.3, -0.25) is 23.5 Å². The van der Waals surface area contributed by atoms with Gasteiger partial charge in [0.1, 0.15) is 43.3 Å². The van der Waals surface area contributed by atoms with Crippen molar-refractivity contribution in [2.75, 3.05) is 43.1 Å². The van der Waals surface area contributed by atoms with E-state index in [4.69, 9.17) is 17.4 Å². The van der Waals surface area contributed by atoms with Crippen LogP contribution in [0.3, 0.4) is 0 Å². The third-order valence-electron chi connectivity index (χ3n) is 26.9. The van der Waals surface area contributed by atoms with Crippen molar-refractivity contribution in [1.29, 1.82) is 0 Å². The molecule has 0 spiro atoms. The predicted molar refractivity (Wildman–Crippen MR) is 555 cm³/mol. The summed E-state index contributed by atoms with van der Waals surface area (Å²) in [6.45, 7) is 31.9. The molecule has 0 fully saturated rings. The first kappa shape index (κ1) is 106. The van der Waals surface area contributed by atoms with Crippen molar-refractivity contribution in [3.8, 4) is 5.75 Å². The number of unbranched alkanes of at least 4 members (excludes halogenated alkanes) is 4. The Morgan fingerprint density at radius 2 is 1.16 bits per heavy atom. The van der Waals surface area contributed by atoms with Crippen molar-refractivity contribution in [3.05, 3.63) is 299 Å². The predicted octanol–water partition coefficient (Wildman–Crippen LogP) is 24.0. The van der Waals surface area contributed by atoms with E-state index < -0.39 is 54.7 Å². The molecule has 3 N–H and O–H groups in total. The summed E-state index contributed by atoms with van der Waals surface area (Å²) in [6, 6.07) is 46.4. The smallest absolute Gasteiger partial charge is 0.486 e. The van der Waals surface area contributed by atoms with E-state index in [1.165, 1.54) is 72.4 Å². The van der Waals surface area contributed by atoms with Crippen LogP contribution in [-0.2, 0) is 71.7 Å². The number of ketones is 4. The number of benzene rings is 7. The van der Waals surface area contributed by atoms with Crippen LogP contribution in [-0.4, -0.2) is 143 Å². The number of Topliss-reactive ketones (excluding diaryl/α,β-unsaturated/α-hetero) is 4. The van der Waals surface area contributed by atoms with E-state index >= 15 is 8.63 Å². The largest absolute Gasteiger partial charge is 0.734 e. The fourth-order valence-electron chi connectivity index (χ4n) is 20.6. The van der Waals surface area contributed by atoms with Crippen LogP contribution < -0.4 is 14.5 Å². The molecule has 139 heavy (non-hydrogen) atoms. The quantitative estimate of drug-likeness (QED) is 0.00844. The van der Waals surface area contributed by atoms with Crippen molar-refractivity contribution in [3.63, 3.8) is 0 Å². The molecule has 15 rings (SSSR count). The zero-order valence-electron chi connectivity index (χ0n) is 83.2. The molecule has 1 aromatic heterocycles. The number of ether oxygens (including phenoxy) is 1. The van der Waals surface area contributed by atoms with Gasteiger partial charge in [0, 0.05) is 162 Å². The Morgan fingerprint density at radius 1 is 0.583 bits per heavy atom. The normalized spacial score (nSPS) is 18.8. The molecule has 8 heterocycles. The number of aromatic amines is 1. The van der Waals surface area contributed by atoms with E-state index in [1.54, 1.807) is 86.0 Å². The fraction of sp³-hybridized carbons (Fsp3) is 0.384. The molecular weight excluding hydrogens is 1810 g/mol. The molecule has 734 valence electrons. The molecule has 0 saturated carbocycles. The second-order valence-electron chi connectivity index (χ2n) is 41.2. The van der Waals surface area contributed by atoms with Crippen molar-refractivity contribution in [2.24, 2.45) is 10.8 Å². The Labute approximate surface area is 821 Å². The van der Waals surface area contributed by atoms with E-state index in [9.17, 15) is 45.1 Å². The van der Waals surface area contributed by atoms with Gasteiger partial charge in [-0.15, -0.1) is 12.6 Å². The number of anilines is 2. The molecule has 0 aliphatic carbocycles. The Hall–Kier alpha value is -12.0. The topological polar surface area (TPSA) is 272 Å². The second-order valence-corrected chi connectivity index (χ2v) is 44.4. The first-order valence-corrected chi connectivity index (χ1v) is 52.0. The van der Waals surface area contributed by atoms with Crippen LogP contribution in [0.15, 0.2) is 276 Å². The molecule has 2 atom stereocenters. The number of hydrogen-bond donors (Lipinski definition) is 3. The van der Waals surface area contributed by atoms with E-state index in [0.29, 0.717) is 67.2 Å². The molecule has 8 aromatic rings. The van der Waals surface area contributed by atoms with E-state index in [-0.39, 0.29) is 61.8 Å². The van der Waals surface area contributed by atoms with Gasteiger partial charge in [0.15, 0.2) is 28.6 Å².